The lowest BCUT2D eigenvalue weighted by molar-refractivity contribution is -0.139. The van der Waals surface area contributed by atoms with Crippen LogP contribution in [-0.2, 0) is 4.79 Å². The smallest absolute Gasteiger partial charge is 0.307 e. The first-order valence-electron chi connectivity index (χ1n) is 10.3. The van der Waals surface area contributed by atoms with Crippen molar-refractivity contribution in [3.63, 3.8) is 0 Å². The molecule has 0 aromatic heterocycles. The molecule has 4 rings (SSSR count). The van der Waals surface area contributed by atoms with E-state index in [0.29, 0.717) is 24.4 Å². The maximum absolute atomic E-state index is 13.2. The molecule has 3 aromatic rings. The van der Waals surface area contributed by atoms with E-state index in [9.17, 15) is 14.7 Å². The van der Waals surface area contributed by atoms with Gasteiger partial charge in [0.25, 0.3) is 5.91 Å². The standard InChI is InChI=1S/C25H25NO4/c27-24(28)17-23(30-20-9-2-1-3-10-20)19-13-15-26(16-14-19)25(29)22-12-6-8-18-7-4-5-11-21(18)22/h1-12,19,23H,13-17H2,(H,27,28). The number of carboxylic acid groups (broad SMARTS) is 1. The normalized spacial score (nSPS) is 15.7. The minimum Gasteiger partial charge on any atom is -0.490 e. The molecule has 30 heavy (non-hydrogen) atoms. The summed E-state index contributed by atoms with van der Waals surface area (Å²) in [6.45, 7) is 1.20. The van der Waals surface area contributed by atoms with Crippen molar-refractivity contribution in [3.05, 3.63) is 78.4 Å². The molecule has 1 unspecified atom stereocenters. The first kappa shape index (κ1) is 20.0. The second-order valence-electron chi connectivity index (χ2n) is 7.72. The molecule has 1 aliphatic heterocycles. The van der Waals surface area contributed by atoms with Gasteiger partial charge in [0.05, 0.1) is 6.42 Å². The fraction of sp³-hybridized carbons (Fsp3) is 0.280. The number of carbonyl (C=O) groups excluding carboxylic acids is 1. The number of likely N-dealkylation sites (tertiary alicyclic amines) is 1. The molecule has 0 bridgehead atoms. The minimum atomic E-state index is -0.870. The Hall–Kier alpha value is -3.34. The number of fused-ring (bicyclic) bond motifs is 1. The number of hydrogen-bond donors (Lipinski definition) is 1. The van der Waals surface area contributed by atoms with Gasteiger partial charge in [-0.15, -0.1) is 0 Å². The Morgan fingerprint density at radius 3 is 2.33 bits per heavy atom. The van der Waals surface area contributed by atoms with Gasteiger partial charge in [-0.25, -0.2) is 0 Å². The molecule has 0 saturated carbocycles. The SMILES string of the molecule is O=C(O)CC(Oc1ccccc1)C1CCN(C(=O)c2cccc3ccccc23)CC1. The van der Waals surface area contributed by atoms with E-state index in [4.69, 9.17) is 4.74 Å². The number of ether oxygens (including phenoxy) is 1. The van der Waals surface area contributed by atoms with E-state index in [-0.39, 0.29) is 18.2 Å². The average molecular weight is 403 g/mol. The highest BCUT2D eigenvalue weighted by Gasteiger charge is 2.32. The van der Waals surface area contributed by atoms with E-state index in [1.165, 1.54) is 0 Å². The third kappa shape index (κ3) is 4.46. The van der Waals surface area contributed by atoms with E-state index < -0.39 is 12.1 Å². The molecule has 1 heterocycles. The summed E-state index contributed by atoms with van der Waals surface area (Å²) in [5.41, 5.74) is 0.717. The zero-order chi connectivity index (χ0) is 20.9. The van der Waals surface area contributed by atoms with E-state index in [1.807, 2.05) is 77.7 Å². The summed E-state index contributed by atoms with van der Waals surface area (Å²) in [6, 6.07) is 23.0. The van der Waals surface area contributed by atoms with Gasteiger partial charge in [0.1, 0.15) is 11.9 Å². The molecule has 5 heteroatoms. The fourth-order valence-electron chi connectivity index (χ4n) is 4.21. The Balaban J connectivity index is 1.45. The van der Waals surface area contributed by atoms with Gasteiger partial charge in [0.2, 0.25) is 0 Å². The van der Waals surface area contributed by atoms with Crippen LogP contribution in [-0.4, -0.2) is 41.1 Å². The van der Waals surface area contributed by atoms with Crippen LogP contribution in [0.4, 0.5) is 0 Å². The maximum Gasteiger partial charge on any atom is 0.307 e. The molecule has 0 spiro atoms. The van der Waals surface area contributed by atoms with E-state index >= 15 is 0 Å². The van der Waals surface area contributed by atoms with Gasteiger partial charge in [-0.1, -0.05) is 54.6 Å². The minimum absolute atomic E-state index is 0.0315. The van der Waals surface area contributed by atoms with Crippen molar-refractivity contribution in [2.45, 2.75) is 25.4 Å². The van der Waals surface area contributed by atoms with Crippen molar-refractivity contribution >= 4 is 22.6 Å². The first-order valence-corrected chi connectivity index (χ1v) is 10.3. The van der Waals surface area contributed by atoms with Gasteiger partial charge >= 0.3 is 5.97 Å². The van der Waals surface area contributed by atoms with Crippen molar-refractivity contribution in [2.75, 3.05) is 13.1 Å². The molecule has 5 nitrogen and oxygen atoms in total. The van der Waals surface area contributed by atoms with Crippen molar-refractivity contribution < 1.29 is 19.4 Å². The molecule has 1 saturated heterocycles. The number of hydrogen-bond acceptors (Lipinski definition) is 3. The van der Waals surface area contributed by atoms with Gasteiger partial charge in [-0.3, -0.25) is 9.59 Å². The number of para-hydroxylation sites is 1. The molecule has 0 aliphatic carbocycles. The highest BCUT2D eigenvalue weighted by Crippen LogP contribution is 2.28. The Morgan fingerprint density at radius 1 is 0.933 bits per heavy atom. The molecule has 1 aliphatic rings. The Kier molecular flexibility index (Phi) is 5.98. The van der Waals surface area contributed by atoms with Crippen LogP contribution in [0.3, 0.4) is 0 Å². The van der Waals surface area contributed by atoms with Crippen LogP contribution >= 0.6 is 0 Å². The molecule has 1 fully saturated rings. The number of carbonyl (C=O) groups is 2. The van der Waals surface area contributed by atoms with Gasteiger partial charge in [-0.05, 0) is 47.7 Å². The summed E-state index contributed by atoms with van der Waals surface area (Å²) in [5, 5.41) is 11.4. The number of rotatable bonds is 6. The van der Waals surface area contributed by atoms with Crippen molar-refractivity contribution in [1.82, 2.24) is 4.90 Å². The summed E-state index contributed by atoms with van der Waals surface area (Å²) in [6.07, 6.45) is 0.999. The van der Waals surface area contributed by atoms with Gasteiger partial charge in [0, 0.05) is 18.7 Å². The highest BCUT2D eigenvalue weighted by molar-refractivity contribution is 6.07. The number of benzene rings is 3. The lowest BCUT2D eigenvalue weighted by Crippen LogP contribution is -2.43. The second kappa shape index (κ2) is 8.99. The number of amides is 1. The van der Waals surface area contributed by atoms with Gasteiger partial charge in [0.15, 0.2) is 0 Å². The number of aliphatic carboxylic acids is 1. The van der Waals surface area contributed by atoms with Crippen molar-refractivity contribution in [3.8, 4) is 5.75 Å². The van der Waals surface area contributed by atoms with Crippen LogP contribution in [0.1, 0.15) is 29.6 Å². The Bertz CT molecular complexity index is 1020. The zero-order valence-corrected chi connectivity index (χ0v) is 16.7. The third-order valence-electron chi connectivity index (χ3n) is 5.78. The summed E-state index contributed by atoms with van der Waals surface area (Å²) in [4.78, 5) is 26.4. The van der Waals surface area contributed by atoms with Crippen molar-refractivity contribution in [2.24, 2.45) is 5.92 Å². The number of carboxylic acids is 1. The molecule has 154 valence electrons. The highest BCUT2D eigenvalue weighted by atomic mass is 16.5. The number of nitrogens with zero attached hydrogens (tertiary/aromatic N) is 1. The topological polar surface area (TPSA) is 66.8 Å². The average Bonchev–Trinajstić information content (AvgIpc) is 2.78. The third-order valence-corrected chi connectivity index (χ3v) is 5.78. The van der Waals surface area contributed by atoms with Crippen molar-refractivity contribution in [1.29, 1.82) is 0 Å². The van der Waals surface area contributed by atoms with Crippen LogP contribution < -0.4 is 4.74 Å². The maximum atomic E-state index is 13.2. The second-order valence-corrected chi connectivity index (χ2v) is 7.72. The van der Waals surface area contributed by atoms with Crippen LogP contribution in [0.2, 0.25) is 0 Å². The number of piperidine rings is 1. The monoisotopic (exact) mass is 403 g/mol. The quantitative estimate of drug-likeness (QED) is 0.652. The summed E-state index contributed by atoms with van der Waals surface area (Å²) in [7, 11) is 0. The zero-order valence-electron chi connectivity index (χ0n) is 16.7. The van der Waals surface area contributed by atoms with E-state index in [2.05, 4.69) is 0 Å². The van der Waals surface area contributed by atoms with E-state index in [1.54, 1.807) is 0 Å². The summed E-state index contributed by atoms with van der Waals surface area (Å²) in [5.74, 6) is -0.0647. The largest absolute Gasteiger partial charge is 0.490 e. The molecular formula is C25H25NO4. The van der Waals surface area contributed by atoms with Crippen LogP contribution in [0.5, 0.6) is 5.75 Å². The molecular weight excluding hydrogens is 378 g/mol. The lowest BCUT2D eigenvalue weighted by atomic mass is 9.89. The molecule has 3 aromatic carbocycles. The summed E-state index contributed by atoms with van der Waals surface area (Å²) >= 11 is 0. The fourth-order valence-corrected chi connectivity index (χ4v) is 4.21. The van der Waals surface area contributed by atoms with Crippen LogP contribution in [0, 0.1) is 5.92 Å². The van der Waals surface area contributed by atoms with Crippen LogP contribution in [0.25, 0.3) is 10.8 Å². The predicted octanol–water partition coefficient (Wildman–Crippen LogP) is 4.61. The molecule has 1 N–H and O–H groups in total. The summed E-state index contributed by atoms with van der Waals surface area (Å²) < 4.78 is 6.02. The molecule has 1 atom stereocenters. The molecule has 1 amide bonds. The Labute approximate surface area is 175 Å². The van der Waals surface area contributed by atoms with Gasteiger partial charge < -0.3 is 14.7 Å². The van der Waals surface area contributed by atoms with E-state index in [0.717, 1.165) is 23.6 Å². The lowest BCUT2D eigenvalue weighted by Gasteiger charge is -2.36. The Morgan fingerprint density at radius 2 is 1.60 bits per heavy atom. The molecule has 0 radical (unpaired) electrons. The van der Waals surface area contributed by atoms with Crippen LogP contribution in [0.15, 0.2) is 72.8 Å². The predicted molar refractivity (Wildman–Crippen MR) is 116 cm³/mol. The first-order chi connectivity index (χ1) is 14.6. The van der Waals surface area contributed by atoms with Gasteiger partial charge in [-0.2, -0.15) is 0 Å².